The molecule has 0 spiro atoms. The van der Waals surface area contributed by atoms with Crippen molar-refractivity contribution >= 4 is 41.2 Å². The fraction of sp³-hybridized carbons (Fsp3) is 0.458. The number of aromatic nitrogens is 1. The van der Waals surface area contributed by atoms with Crippen LogP contribution in [0.1, 0.15) is 56.0 Å². The maximum absolute atomic E-state index is 15.1. The first-order valence-electron chi connectivity index (χ1n) is 11.4. The predicted molar refractivity (Wildman–Crippen MR) is 136 cm³/mol. The third-order valence-corrected chi connectivity index (χ3v) is 10.3. The number of carbonyl (C=O) groups is 1. The van der Waals surface area contributed by atoms with Crippen LogP contribution in [0.5, 0.6) is 0 Å². The molecule has 2 heterocycles. The number of pyridine rings is 1. The summed E-state index contributed by atoms with van der Waals surface area (Å²) in [6.45, 7) is 3.10. The van der Waals surface area contributed by atoms with E-state index in [9.17, 15) is 26.4 Å². The summed E-state index contributed by atoms with van der Waals surface area (Å²) >= 11 is -1.79. The summed E-state index contributed by atoms with van der Waals surface area (Å²) in [5.74, 6) is -2.39. The topological polar surface area (TPSA) is 79.4 Å². The third kappa shape index (κ3) is 5.21. The van der Waals surface area contributed by atoms with Gasteiger partial charge >= 0.3 is 3.93 Å². The molecule has 1 aliphatic carbocycles. The molecule has 2 aromatic rings. The molecule has 196 valence electrons. The normalized spacial score (nSPS) is 23.1. The van der Waals surface area contributed by atoms with Crippen molar-refractivity contribution in [1.29, 1.82) is 0 Å². The van der Waals surface area contributed by atoms with Crippen LogP contribution in [0.3, 0.4) is 0 Å². The van der Waals surface area contributed by atoms with Crippen molar-refractivity contribution in [3.8, 4) is 0 Å². The minimum absolute atomic E-state index is 0.0301. The van der Waals surface area contributed by atoms with Gasteiger partial charge in [0.05, 0.1) is 10.6 Å². The van der Waals surface area contributed by atoms with Gasteiger partial charge < -0.3 is 5.32 Å². The van der Waals surface area contributed by atoms with Gasteiger partial charge in [-0.15, -0.1) is 0 Å². The monoisotopic (exact) mass is 639 g/mol. The molecule has 36 heavy (non-hydrogen) atoms. The number of hydrogen-bond donors (Lipinski definition) is 1. The van der Waals surface area contributed by atoms with Gasteiger partial charge in [-0.2, -0.15) is 13.1 Å². The van der Waals surface area contributed by atoms with Crippen molar-refractivity contribution in [2.75, 3.05) is 0 Å². The van der Waals surface area contributed by atoms with Gasteiger partial charge in [-0.25, -0.2) is 22.2 Å². The number of amides is 1. The number of alkyl halides is 3. The average Bonchev–Trinajstić information content (AvgIpc) is 3.63. The number of carbonyl (C=O) groups excluding carboxylic acids is 1. The summed E-state index contributed by atoms with van der Waals surface area (Å²) in [5.41, 5.74) is -0.710. The molecule has 1 aromatic carbocycles. The number of halogens is 5. The molecule has 1 saturated heterocycles. The smallest absolute Gasteiger partial charge is 0.332 e. The van der Waals surface area contributed by atoms with E-state index < -0.39 is 76.5 Å². The number of nitrogens with zero attached hydrogens (tertiary/aromatic N) is 2. The Morgan fingerprint density at radius 1 is 1.22 bits per heavy atom. The van der Waals surface area contributed by atoms with E-state index in [0.29, 0.717) is 12.8 Å². The lowest BCUT2D eigenvalue weighted by atomic mass is 10.0. The Labute approximate surface area is 217 Å². The molecule has 0 unspecified atom stereocenters. The van der Waals surface area contributed by atoms with E-state index in [1.54, 1.807) is 6.92 Å². The predicted octanol–water partition coefficient (Wildman–Crippen LogP) is 4.79. The van der Waals surface area contributed by atoms with E-state index in [1.807, 2.05) is 6.92 Å². The molecular weight excluding hydrogens is 613 g/mol. The van der Waals surface area contributed by atoms with E-state index >= 15 is 4.39 Å². The molecule has 2 fully saturated rings. The van der Waals surface area contributed by atoms with Gasteiger partial charge in [-0.3, -0.25) is 4.79 Å². The molecule has 2 aliphatic rings. The van der Waals surface area contributed by atoms with Crippen LogP contribution in [0.25, 0.3) is 0 Å². The van der Waals surface area contributed by atoms with E-state index in [0.717, 1.165) is 34.6 Å². The lowest BCUT2D eigenvalue weighted by Crippen LogP contribution is -2.48. The molecule has 1 saturated carbocycles. The summed E-state index contributed by atoms with van der Waals surface area (Å²) < 4.78 is 85.1. The highest BCUT2D eigenvalue weighted by atomic mass is 127. The molecule has 1 N–H and O–H groups in total. The van der Waals surface area contributed by atoms with Crippen LogP contribution >= 0.6 is 20.7 Å². The Kier molecular flexibility index (Phi) is 7.60. The average molecular weight is 639 g/mol. The highest BCUT2D eigenvalue weighted by Gasteiger charge is 2.47. The lowest BCUT2D eigenvalue weighted by Gasteiger charge is -2.27. The zero-order chi connectivity index (χ0) is 26.4. The van der Waals surface area contributed by atoms with Gasteiger partial charge in [0, 0.05) is 24.1 Å². The standard InChI is InChI=1S/C24H26F4IN3O3S/c1-13-10-19(32(14(13)2)36(34,35)18-8-6-17(25)7-9-18)23(33)30-12-16-11-20(24(27,28)29-3)31-22(21(16)26)15-4-5-15/h6-9,11,13-15,19H,3-5,10,12H2,1-2H3,(H,30,33)/t13-,14+,19+/m1/s1. The third-order valence-electron chi connectivity index (χ3n) is 6.75. The summed E-state index contributed by atoms with van der Waals surface area (Å²) in [6.07, 6.45) is 1.52. The minimum Gasteiger partial charge on any atom is -0.351 e. The minimum atomic E-state index is -4.14. The van der Waals surface area contributed by atoms with Crippen LogP contribution in [0.15, 0.2) is 35.2 Å². The van der Waals surface area contributed by atoms with Crippen LogP contribution in [0.2, 0.25) is 0 Å². The number of rotatable bonds is 8. The molecule has 0 bridgehead atoms. The van der Waals surface area contributed by atoms with E-state index in [1.165, 1.54) is 0 Å². The van der Waals surface area contributed by atoms with Gasteiger partial charge in [-0.1, -0.05) is 11.4 Å². The molecule has 1 aliphatic heterocycles. The van der Waals surface area contributed by atoms with Crippen molar-refractivity contribution < 1.29 is 30.8 Å². The van der Waals surface area contributed by atoms with Gasteiger partial charge in [0.2, 0.25) is 15.9 Å². The SMILES string of the molecule is C=IC(F)(F)c1cc(CNC(=O)[C@@H]2C[C@@H](C)[C@H](C)N2S(=O)(=O)c2ccc(F)cc2)c(F)c(C2CC2)n1. The van der Waals surface area contributed by atoms with Crippen LogP contribution in [-0.2, 0) is 25.3 Å². The zero-order valence-corrected chi connectivity index (χ0v) is 22.6. The Morgan fingerprint density at radius 3 is 2.44 bits per heavy atom. The van der Waals surface area contributed by atoms with Crippen LogP contribution in [-0.4, -0.2) is 40.2 Å². The second-order valence-corrected chi connectivity index (χ2v) is 13.2. The van der Waals surface area contributed by atoms with E-state index in [-0.39, 0.29) is 34.4 Å². The summed E-state index contributed by atoms with van der Waals surface area (Å²) in [4.78, 5) is 16.9. The number of hydrogen-bond acceptors (Lipinski definition) is 4. The van der Waals surface area contributed by atoms with Crippen molar-refractivity contribution in [3.05, 3.63) is 58.9 Å². The highest BCUT2D eigenvalue weighted by Crippen LogP contribution is 2.44. The Balaban J connectivity index is 1.60. The quantitative estimate of drug-likeness (QED) is 0.256. The van der Waals surface area contributed by atoms with E-state index in [4.69, 9.17) is 0 Å². The Morgan fingerprint density at radius 2 is 1.86 bits per heavy atom. The largest absolute Gasteiger partial charge is 0.351 e. The summed E-state index contributed by atoms with van der Waals surface area (Å²) in [6, 6.07) is 3.65. The fourth-order valence-corrected chi connectivity index (χ4v) is 6.95. The zero-order valence-electron chi connectivity index (χ0n) is 19.6. The van der Waals surface area contributed by atoms with E-state index in [2.05, 4.69) is 14.8 Å². The molecule has 12 heteroatoms. The van der Waals surface area contributed by atoms with Gasteiger partial charge in [-0.05, 0) is 83.2 Å². The van der Waals surface area contributed by atoms with Crippen molar-refractivity contribution in [1.82, 2.24) is 14.6 Å². The molecule has 3 atom stereocenters. The lowest BCUT2D eigenvalue weighted by molar-refractivity contribution is -0.124. The van der Waals surface area contributed by atoms with Crippen LogP contribution in [0, 0.1) is 17.6 Å². The highest BCUT2D eigenvalue weighted by molar-refractivity contribution is 14.2. The summed E-state index contributed by atoms with van der Waals surface area (Å²) in [5, 5.41) is 2.54. The first-order valence-corrected chi connectivity index (χ1v) is 15.4. The molecule has 0 radical (unpaired) electrons. The maximum Gasteiger partial charge on any atom is 0.332 e. The fourth-order valence-electron chi connectivity index (χ4n) is 4.40. The molecule has 1 aromatic heterocycles. The molecule has 4 rings (SSSR count). The van der Waals surface area contributed by atoms with Crippen molar-refractivity contribution in [3.63, 3.8) is 0 Å². The molecule has 1 amide bonds. The van der Waals surface area contributed by atoms with Gasteiger partial charge in [0.25, 0.3) is 0 Å². The van der Waals surface area contributed by atoms with Crippen molar-refractivity contribution in [2.45, 2.75) is 66.5 Å². The number of benzene rings is 1. The maximum atomic E-state index is 15.1. The molecule has 6 nitrogen and oxygen atoms in total. The summed E-state index contributed by atoms with van der Waals surface area (Å²) in [7, 11) is -4.14. The second kappa shape index (κ2) is 10.1. The Bertz CT molecular complexity index is 1290. The number of nitrogens with one attached hydrogen (secondary N) is 1. The first kappa shape index (κ1) is 27.1. The first-order chi connectivity index (χ1) is 16.9. The van der Waals surface area contributed by atoms with Crippen LogP contribution < -0.4 is 5.32 Å². The van der Waals surface area contributed by atoms with Gasteiger partial charge in [0.15, 0.2) is 0 Å². The van der Waals surface area contributed by atoms with Gasteiger partial charge in [0.1, 0.15) is 23.4 Å². The molecular formula is C24H26F4IN3O3S. The van der Waals surface area contributed by atoms with Crippen LogP contribution in [0.4, 0.5) is 17.6 Å². The van der Waals surface area contributed by atoms with Crippen molar-refractivity contribution in [2.24, 2.45) is 5.92 Å². The Hall–Kier alpha value is -1.93. The second-order valence-electron chi connectivity index (χ2n) is 9.25. The number of sulfonamides is 1.